The average molecular weight is 724 g/mol. The van der Waals surface area contributed by atoms with Crippen LogP contribution in [0.2, 0.25) is 0 Å². The lowest BCUT2D eigenvalue weighted by atomic mass is 10.0. The van der Waals surface area contributed by atoms with Gasteiger partial charge >= 0.3 is 6.09 Å². The molecule has 0 unspecified atom stereocenters. The van der Waals surface area contributed by atoms with Gasteiger partial charge in [0.05, 0.1) is 41.4 Å². The molecule has 0 aliphatic carbocycles. The maximum Gasteiger partial charge on any atom is 0.405 e. The minimum absolute atomic E-state index is 0.0735. The SMILES string of the molecule is O=C(O)N[C@@H](C(=O)N1CCC[C@H]1c1ncc(-c2ccc(-c3ccc(-c4cnc([C@@H]5CCCN5C(=O)c5ccccc5F)[nH]4)cc3)cc2)[nH]1)c1ccccc1. The molecule has 2 aromatic heterocycles. The number of carbonyl (C=O) groups excluding carboxylic acids is 2. The van der Waals surface area contributed by atoms with Crippen molar-refractivity contribution in [2.45, 2.75) is 43.8 Å². The van der Waals surface area contributed by atoms with Crippen molar-refractivity contribution in [1.29, 1.82) is 0 Å². The molecule has 4 heterocycles. The third kappa shape index (κ3) is 6.85. The minimum Gasteiger partial charge on any atom is -0.465 e. The van der Waals surface area contributed by atoms with Crippen molar-refractivity contribution >= 4 is 17.9 Å². The summed E-state index contributed by atoms with van der Waals surface area (Å²) in [7, 11) is 0. The summed E-state index contributed by atoms with van der Waals surface area (Å²) in [5.41, 5.74) is 6.29. The van der Waals surface area contributed by atoms with Crippen LogP contribution in [-0.4, -0.2) is 65.8 Å². The zero-order chi connectivity index (χ0) is 37.2. The second kappa shape index (κ2) is 14.8. The Morgan fingerprint density at radius 1 is 0.685 bits per heavy atom. The lowest BCUT2D eigenvalue weighted by Gasteiger charge is -2.28. The third-order valence-corrected chi connectivity index (χ3v) is 10.3. The number of aromatic nitrogens is 4. The number of rotatable bonds is 9. The van der Waals surface area contributed by atoms with E-state index < -0.39 is 18.0 Å². The molecular weight excluding hydrogens is 686 g/mol. The molecule has 4 aromatic carbocycles. The quantitative estimate of drug-likeness (QED) is 0.119. The number of nitrogens with one attached hydrogen (secondary N) is 3. The van der Waals surface area contributed by atoms with Crippen LogP contribution < -0.4 is 5.32 Å². The molecule has 0 bridgehead atoms. The van der Waals surface area contributed by atoms with Gasteiger partial charge in [-0.1, -0.05) is 91.0 Å². The van der Waals surface area contributed by atoms with Gasteiger partial charge in [0.15, 0.2) is 0 Å². The Kier molecular flexibility index (Phi) is 9.47. The molecule has 8 rings (SSSR count). The van der Waals surface area contributed by atoms with Crippen LogP contribution in [-0.2, 0) is 4.79 Å². The number of halogens is 1. The summed E-state index contributed by atoms with van der Waals surface area (Å²) < 4.78 is 14.4. The molecule has 272 valence electrons. The number of likely N-dealkylation sites (tertiary alicyclic amines) is 2. The molecule has 0 saturated carbocycles. The molecule has 6 aromatic rings. The van der Waals surface area contributed by atoms with E-state index in [1.165, 1.54) is 12.1 Å². The first-order chi connectivity index (χ1) is 26.3. The number of amides is 3. The van der Waals surface area contributed by atoms with Gasteiger partial charge in [-0.3, -0.25) is 9.59 Å². The van der Waals surface area contributed by atoms with Gasteiger partial charge in [0.2, 0.25) is 0 Å². The molecule has 2 saturated heterocycles. The standard InChI is InChI=1S/C42H38FN7O4/c43-32-11-5-4-10-31(32)40(51)49-22-6-12-35(49)38-44-24-33(46-38)28-18-14-26(15-19-28)27-16-20-29(21-17-27)34-25-45-39(47-34)36-13-7-23-50(36)41(52)37(48-42(53)54)30-8-2-1-3-9-30/h1-5,8-11,14-21,24-25,35-37,48H,6-7,12-13,22-23H2,(H,44,46)(H,45,47)(H,53,54)/t35-,36-,37+/m0/s1. The van der Waals surface area contributed by atoms with Crippen molar-refractivity contribution < 1.29 is 23.9 Å². The van der Waals surface area contributed by atoms with E-state index >= 15 is 0 Å². The molecule has 0 spiro atoms. The van der Waals surface area contributed by atoms with Gasteiger partial charge in [-0.05, 0) is 65.6 Å². The Balaban J connectivity index is 0.934. The van der Waals surface area contributed by atoms with Crippen LogP contribution in [0.3, 0.4) is 0 Å². The summed E-state index contributed by atoms with van der Waals surface area (Å²) in [6.45, 7) is 1.06. The number of hydrogen-bond acceptors (Lipinski definition) is 5. The van der Waals surface area contributed by atoms with Crippen molar-refractivity contribution in [3.05, 3.63) is 144 Å². The number of H-pyrrole nitrogens is 2. The highest BCUT2D eigenvalue weighted by Crippen LogP contribution is 2.36. The first-order valence-corrected chi connectivity index (χ1v) is 18.1. The Morgan fingerprint density at radius 3 is 1.74 bits per heavy atom. The molecule has 4 N–H and O–H groups in total. The van der Waals surface area contributed by atoms with Gasteiger partial charge in [-0.15, -0.1) is 0 Å². The maximum absolute atomic E-state index is 14.4. The summed E-state index contributed by atoms with van der Waals surface area (Å²) in [6.07, 6.45) is 5.36. The Labute approximate surface area is 310 Å². The van der Waals surface area contributed by atoms with Gasteiger partial charge in [-0.25, -0.2) is 19.2 Å². The molecule has 3 amide bonds. The van der Waals surface area contributed by atoms with E-state index in [1.807, 2.05) is 42.5 Å². The zero-order valence-corrected chi connectivity index (χ0v) is 29.3. The van der Waals surface area contributed by atoms with Crippen molar-refractivity contribution in [2.75, 3.05) is 13.1 Å². The lowest BCUT2D eigenvalue weighted by molar-refractivity contribution is -0.134. The van der Waals surface area contributed by atoms with Crippen molar-refractivity contribution in [1.82, 2.24) is 35.1 Å². The van der Waals surface area contributed by atoms with Crippen molar-refractivity contribution in [2.24, 2.45) is 0 Å². The van der Waals surface area contributed by atoms with Crippen LogP contribution in [0.15, 0.2) is 116 Å². The normalized spacial score (nSPS) is 17.4. The maximum atomic E-state index is 14.4. The highest BCUT2D eigenvalue weighted by Gasteiger charge is 2.37. The summed E-state index contributed by atoms with van der Waals surface area (Å²) in [5.74, 6) is 0.200. The second-order valence-corrected chi connectivity index (χ2v) is 13.6. The molecular formula is C42H38FN7O4. The van der Waals surface area contributed by atoms with E-state index in [-0.39, 0.29) is 29.5 Å². The molecule has 3 atom stereocenters. The van der Waals surface area contributed by atoms with Gasteiger partial charge < -0.3 is 30.2 Å². The first kappa shape index (κ1) is 34.5. The van der Waals surface area contributed by atoms with Crippen LogP contribution in [0.1, 0.15) is 71.4 Å². The number of aromatic amines is 2. The van der Waals surface area contributed by atoms with Gasteiger partial charge in [0.25, 0.3) is 11.8 Å². The van der Waals surface area contributed by atoms with Crippen LogP contribution >= 0.6 is 0 Å². The molecule has 54 heavy (non-hydrogen) atoms. The molecule has 0 radical (unpaired) electrons. The summed E-state index contributed by atoms with van der Waals surface area (Å²) in [4.78, 5) is 58.0. The minimum atomic E-state index is -1.26. The summed E-state index contributed by atoms with van der Waals surface area (Å²) in [6, 6.07) is 29.7. The monoisotopic (exact) mass is 723 g/mol. The number of nitrogens with zero attached hydrogens (tertiary/aromatic N) is 4. The predicted molar refractivity (Wildman–Crippen MR) is 200 cm³/mol. The third-order valence-electron chi connectivity index (χ3n) is 10.3. The summed E-state index contributed by atoms with van der Waals surface area (Å²) >= 11 is 0. The lowest BCUT2D eigenvalue weighted by Crippen LogP contribution is -2.42. The van der Waals surface area contributed by atoms with Crippen molar-refractivity contribution in [3.63, 3.8) is 0 Å². The Morgan fingerprint density at radius 2 is 1.19 bits per heavy atom. The number of carbonyl (C=O) groups is 3. The molecule has 2 aliphatic rings. The molecule has 2 fully saturated rings. The Bertz CT molecular complexity index is 2290. The van der Waals surface area contributed by atoms with E-state index in [9.17, 15) is 23.9 Å². The van der Waals surface area contributed by atoms with E-state index in [2.05, 4.69) is 37.4 Å². The topological polar surface area (TPSA) is 147 Å². The molecule has 11 nitrogen and oxygen atoms in total. The van der Waals surface area contributed by atoms with E-state index in [1.54, 1.807) is 58.6 Å². The Hall–Kier alpha value is -6.56. The fourth-order valence-electron chi connectivity index (χ4n) is 7.61. The number of benzene rings is 4. The van der Waals surface area contributed by atoms with Crippen LogP contribution in [0.5, 0.6) is 0 Å². The summed E-state index contributed by atoms with van der Waals surface area (Å²) in [5, 5.41) is 11.9. The molecule has 12 heteroatoms. The van der Waals surface area contributed by atoms with Crippen LogP contribution in [0.4, 0.5) is 9.18 Å². The van der Waals surface area contributed by atoms with E-state index in [0.717, 1.165) is 59.3 Å². The number of hydrogen-bond donors (Lipinski definition) is 4. The molecule has 2 aliphatic heterocycles. The van der Waals surface area contributed by atoms with Crippen LogP contribution in [0.25, 0.3) is 33.6 Å². The number of carboxylic acid groups (broad SMARTS) is 1. The van der Waals surface area contributed by atoms with E-state index in [0.29, 0.717) is 30.3 Å². The largest absolute Gasteiger partial charge is 0.465 e. The van der Waals surface area contributed by atoms with Crippen LogP contribution in [0, 0.1) is 5.82 Å². The van der Waals surface area contributed by atoms with Gasteiger partial charge in [-0.2, -0.15) is 0 Å². The fraction of sp³-hybridized carbons (Fsp3) is 0.214. The van der Waals surface area contributed by atoms with Crippen molar-refractivity contribution in [3.8, 4) is 33.6 Å². The highest BCUT2D eigenvalue weighted by molar-refractivity contribution is 5.95. The smallest absolute Gasteiger partial charge is 0.405 e. The van der Waals surface area contributed by atoms with E-state index in [4.69, 9.17) is 0 Å². The van der Waals surface area contributed by atoms with Gasteiger partial charge in [0, 0.05) is 13.1 Å². The zero-order valence-electron chi connectivity index (χ0n) is 29.3. The average Bonchev–Trinajstić information content (AvgIpc) is 4.04. The number of imidazole rings is 2. The first-order valence-electron chi connectivity index (χ1n) is 18.1. The predicted octanol–water partition coefficient (Wildman–Crippen LogP) is 7.92. The fourth-order valence-corrected chi connectivity index (χ4v) is 7.61. The second-order valence-electron chi connectivity index (χ2n) is 13.6. The van der Waals surface area contributed by atoms with Gasteiger partial charge in [0.1, 0.15) is 23.5 Å². The highest BCUT2D eigenvalue weighted by atomic mass is 19.1.